The molecule has 1 unspecified atom stereocenters. The second kappa shape index (κ2) is 4.70. The van der Waals surface area contributed by atoms with Crippen LogP contribution in [0.1, 0.15) is 17.4 Å². The second-order valence-electron chi connectivity index (χ2n) is 4.35. The van der Waals surface area contributed by atoms with E-state index in [1.165, 1.54) is 0 Å². The van der Waals surface area contributed by atoms with Crippen LogP contribution < -0.4 is 11.3 Å². The van der Waals surface area contributed by atoms with E-state index in [9.17, 15) is 0 Å². The minimum atomic E-state index is -0.253. The predicted molar refractivity (Wildman–Crippen MR) is 73.6 cm³/mol. The Labute approximate surface area is 114 Å². The molecule has 0 aliphatic carbocycles. The third-order valence-electron chi connectivity index (χ3n) is 3.02. The number of hydrogen-bond donors (Lipinski definition) is 2. The molecule has 2 aromatic heterocycles. The number of hydrogen-bond acceptors (Lipinski definition) is 4. The summed E-state index contributed by atoms with van der Waals surface area (Å²) in [5, 5.41) is 5.68. The summed E-state index contributed by atoms with van der Waals surface area (Å²) in [6.07, 6.45) is 3.64. The van der Waals surface area contributed by atoms with E-state index in [2.05, 4.69) is 10.5 Å². The second-order valence-corrected chi connectivity index (χ2v) is 4.76. The molecule has 0 spiro atoms. The molecule has 0 bridgehead atoms. The summed E-state index contributed by atoms with van der Waals surface area (Å²) in [6.45, 7) is 0. The maximum Gasteiger partial charge on any atom is 0.152 e. The van der Waals surface area contributed by atoms with E-state index in [0.29, 0.717) is 16.4 Å². The molecule has 5 nitrogen and oxygen atoms in total. The Bertz CT molecular complexity index is 718. The molecule has 0 amide bonds. The third kappa shape index (κ3) is 2.12. The summed E-state index contributed by atoms with van der Waals surface area (Å²) in [6, 6.07) is 7.31. The number of rotatable bonds is 3. The number of nitrogens with zero attached hydrogens (tertiary/aromatic N) is 2. The number of hydrazine groups is 1. The van der Waals surface area contributed by atoms with Crippen LogP contribution in [0.25, 0.3) is 11.0 Å². The van der Waals surface area contributed by atoms with Crippen LogP contribution in [0.4, 0.5) is 0 Å². The molecule has 0 radical (unpaired) electrons. The molecule has 0 saturated heterocycles. The van der Waals surface area contributed by atoms with Crippen molar-refractivity contribution in [2.24, 2.45) is 12.9 Å². The van der Waals surface area contributed by atoms with E-state index in [1.54, 1.807) is 16.9 Å². The van der Waals surface area contributed by atoms with Gasteiger partial charge in [-0.3, -0.25) is 10.5 Å². The summed E-state index contributed by atoms with van der Waals surface area (Å²) in [5.74, 6) is 6.33. The zero-order valence-corrected chi connectivity index (χ0v) is 11.1. The number of aromatic nitrogens is 2. The average Bonchev–Trinajstić information content (AvgIpc) is 2.98. The Morgan fingerprint density at radius 3 is 2.95 bits per heavy atom. The maximum absolute atomic E-state index is 6.11. The highest BCUT2D eigenvalue weighted by Gasteiger charge is 2.19. The number of nitrogens with one attached hydrogen (secondary N) is 1. The average molecular weight is 277 g/mol. The van der Waals surface area contributed by atoms with Gasteiger partial charge < -0.3 is 4.42 Å². The Morgan fingerprint density at radius 1 is 1.47 bits per heavy atom. The first-order chi connectivity index (χ1) is 9.19. The van der Waals surface area contributed by atoms with E-state index in [0.717, 1.165) is 10.9 Å². The van der Waals surface area contributed by atoms with Gasteiger partial charge in [0.2, 0.25) is 0 Å². The van der Waals surface area contributed by atoms with Crippen LogP contribution in [0, 0.1) is 0 Å². The van der Waals surface area contributed by atoms with Gasteiger partial charge in [0.05, 0.1) is 11.2 Å². The van der Waals surface area contributed by atoms with Gasteiger partial charge in [0.15, 0.2) is 5.58 Å². The van der Waals surface area contributed by atoms with Crippen LogP contribution in [0.2, 0.25) is 5.02 Å². The van der Waals surface area contributed by atoms with Crippen molar-refractivity contribution in [3.05, 3.63) is 53.0 Å². The molecule has 1 atom stereocenters. The summed E-state index contributed by atoms with van der Waals surface area (Å²) >= 11 is 6.11. The summed E-state index contributed by atoms with van der Waals surface area (Å²) in [4.78, 5) is 0. The number of benzene rings is 1. The van der Waals surface area contributed by atoms with Crippen LogP contribution >= 0.6 is 11.6 Å². The first kappa shape index (κ1) is 12.2. The van der Waals surface area contributed by atoms with Crippen molar-refractivity contribution in [1.82, 2.24) is 15.2 Å². The fourth-order valence-electron chi connectivity index (χ4n) is 2.12. The number of aryl methyl sites for hydroxylation is 1. The highest BCUT2D eigenvalue weighted by Crippen LogP contribution is 2.31. The molecular weight excluding hydrogens is 264 g/mol. The Balaban J connectivity index is 2.09. The van der Waals surface area contributed by atoms with E-state index >= 15 is 0 Å². The van der Waals surface area contributed by atoms with Crippen LogP contribution in [0.15, 0.2) is 41.1 Å². The molecule has 0 saturated carbocycles. The van der Waals surface area contributed by atoms with Gasteiger partial charge in [0, 0.05) is 24.2 Å². The van der Waals surface area contributed by atoms with E-state index in [1.807, 2.05) is 31.4 Å². The highest BCUT2D eigenvalue weighted by molar-refractivity contribution is 6.34. The minimum absolute atomic E-state index is 0.253. The molecule has 1 aromatic carbocycles. The van der Waals surface area contributed by atoms with E-state index in [4.69, 9.17) is 21.9 Å². The molecule has 6 heteroatoms. The van der Waals surface area contributed by atoms with Gasteiger partial charge in [0.25, 0.3) is 0 Å². The zero-order valence-electron chi connectivity index (χ0n) is 10.3. The van der Waals surface area contributed by atoms with Gasteiger partial charge in [0.1, 0.15) is 11.8 Å². The number of fused-ring (bicyclic) bond motifs is 1. The first-order valence-corrected chi connectivity index (χ1v) is 6.19. The van der Waals surface area contributed by atoms with E-state index < -0.39 is 0 Å². The molecule has 0 aliphatic rings. The standard InChI is InChI=1S/C13H13ClN4O/c1-18-7-9(6-16-18)12(17-15)11-5-8-3-2-4-10(14)13(8)19-11/h2-7,12,17H,15H2,1H3. The lowest BCUT2D eigenvalue weighted by Crippen LogP contribution is -2.28. The largest absolute Gasteiger partial charge is 0.457 e. The lowest BCUT2D eigenvalue weighted by Gasteiger charge is -2.10. The van der Waals surface area contributed by atoms with Crippen molar-refractivity contribution in [1.29, 1.82) is 0 Å². The van der Waals surface area contributed by atoms with Gasteiger partial charge in [-0.25, -0.2) is 5.43 Å². The van der Waals surface area contributed by atoms with Crippen LogP contribution in [0.5, 0.6) is 0 Å². The lowest BCUT2D eigenvalue weighted by molar-refractivity contribution is 0.477. The number of furan rings is 1. The molecule has 3 rings (SSSR count). The summed E-state index contributed by atoms with van der Waals surface area (Å²) < 4.78 is 7.52. The molecular formula is C13H13ClN4O. The molecule has 98 valence electrons. The topological polar surface area (TPSA) is 69.0 Å². The number of para-hydroxylation sites is 1. The van der Waals surface area contributed by atoms with Gasteiger partial charge in [-0.05, 0) is 12.1 Å². The normalized spacial score (nSPS) is 13.0. The monoisotopic (exact) mass is 276 g/mol. The van der Waals surface area contributed by atoms with E-state index in [-0.39, 0.29) is 6.04 Å². The lowest BCUT2D eigenvalue weighted by atomic mass is 10.1. The van der Waals surface area contributed by atoms with Gasteiger partial charge >= 0.3 is 0 Å². The van der Waals surface area contributed by atoms with Gasteiger partial charge in [-0.1, -0.05) is 23.7 Å². The molecule has 0 fully saturated rings. The number of nitrogens with two attached hydrogens (primary N) is 1. The van der Waals surface area contributed by atoms with Gasteiger partial charge in [-0.2, -0.15) is 5.10 Å². The molecule has 19 heavy (non-hydrogen) atoms. The van der Waals surface area contributed by atoms with Crippen LogP contribution in [0.3, 0.4) is 0 Å². The Hall–Kier alpha value is -1.82. The van der Waals surface area contributed by atoms with Crippen molar-refractivity contribution >= 4 is 22.6 Å². The fraction of sp³-hybridized carbons (Fsp3) is 0.154. The van der Waals surface area contributed by atoms with Crippen LogP contribution in [-0.4, -0.2) is 9.78 Å². The summed E-state index contributed by atoms with van der Waals surface area (Å²) in [7, 11) is 1.85. The Kier molecular flexibility index (Phi) is 3.02. The van der Waals surface area contributed by atoms with Crippen LogP contribution in [-0.2, 0) is 7.05 Å². The summed E-state index contributed by atoms with van der Waals surface area (Å²) in [5.41, 5.74) is 4.34. The smallest absolute Gasteiger partial charge is 0.152 e. The van der Waals surface area contributed by atoms with Crippen molar-refractivity contribution < 1.29 is 4.42 Å². The zero-order chi connectivity index (χ0) is 13.4. The predicted octanol–water partition coefficient (Wildman–Crippen LogP) is 2.37. The maximum atomic E-state index is 6.11. The SMILES string of the molecule is Cn1cc(C(NN)c2cc3cccc(Cl)c3o2)cn1. The Morgan fingerprint density at radius 2 is 2.32 bits per heavy atom. The highest BCUT2D eigenvalue weighted by atomic mass is 35.5. The van der Waals surface area contributed by atoms with Crippen molar-refractivity contribution in [2.75, 3.05) is 0 Å². The van der Waals surface area contributed by atoms with Crippen molar-refractivity contribution in [2.45, 2.75) is 6.04 Å². The van der Waals surface area contributed by atoms with Gasteiger partial charge in [-0.15, -0.1) is 0 Å². The molecule has 3 aromatic rings. The first-order valence-electron chi connectivity index (χ1n) is 5.81. The minimum Gasteiger partial charge on any atom is -0.457 e. The molecule has 0 aliphatic heterocycles. The molecule has 2 heterocycles. The molecule has 3 N–H and O–H groups in total. The fourth-order valence-corrected chi connectivity index (χ4v) is 2.34. The third-order valence-corrected chi connectivity index (χ3v) is 3.32. The quantitative estimate of drug-likeness (QED) is 0.569. The van der Waals surface area contributed by atoms with Crippen molar-refractivity contribution in [3.8, 4) is 0 Å². The number of halogens is 1. The van der Waals surface area contributed by atoms with Crippen molar-refractivity contribution in [3.63, 3.8) is 0 Å².